The number of amides is 1. The maximum Gasteiger partial charge on any atom is 0.513 e. The third kappa shape index (κ3) is 6.36. The summed E-state index contributed by atoms with van der Waals surface area (Å²) in [7, 11) is 0. The molecule has 0 fully saturated rings. The molecular weight excluding hydrogens is 466 g/mol. The van der Waals surface area contributed by atoms with Gasteiger partial charge in [0.25, 0.3) is 0 Å². The fraction of sp³-hybridized carbons (Fsp3) is 0.300. The summed E-state index contributed by atoms with van der Waals surface area (Å²) >= 11 is 0. The van der Waals surface area contributed by atoms with Crippen molar-refractivity contribution in [2.45, 2.75) is 53.0 Å². The second kappa shape index (κ2) is 12.2. The SMILES string of the molecule is CCCCc1nc2cc(NC(=O)CC)ccc2n1Cc1ccc(-c2ccccc2OC(=O)OCC)cc1. The summed E-state index contributed by atoms with van der Waals surface area (Å²) in [6.07, 6.45) is 2.75. The van der Waals surface area contributed by atoms with Gasteiger partial charge in [0.15, 0.2) is 0 Å². The van der Waals surface area contributed by atoms with Gasteiger partial charge in [0, 0.05) is 30.6 Å². The van der Waals surface area contributed by atoms with Crippen LogP contribution in [0.25, 0.3) is 22.2 Å². The van der Waals surface area contributed by atoms with Crippen LogP contribution in [0.1, 0.15) is 51.4 Å². The number of ether oxygens (including phenoxy) is 2. The quantitative estimate of drug-likeness (QED) is 0.188. The van der Waals surface area contributed by atoms with E-state index in [0.717, 1.165) is 58.5 Å². The van der Waals surface area contributed by atoms with Gasteiger partial charge in [-0.1, -0.05) is 62.7 Å². The van der Waals surface area contributed by atoms with Crippen molar-refractivity contribution in [1.82, 2.24) is 9.55 Å². The minimum Gasteiger partial charge on any atom is -0.434 e. The molecule has 0 spiro atoms. The van der Waals surface area contributed by atoms with Gasteiger partial charge in [0.05, 0.1) is 17.6 Å². The molecule has 37 heavy (non-hydrogen) atoms. The number of fused-ring (bicyclic) bond motifs is 1. The summed E-state index contributed by atoms with van der Waals surface area (Å²) in [5.74, 6) is 1.48. The second-order valence-corrected chi connectivity index (χ2v) is 8.80. The maximum absolute atomic E-state index is 11.9. The molecule has 0 aliphatic rings. The number of carbonyl (C=O) groups excluding carboxylic acids is 2. The van der Waals surface area contributed by atoms with Gasteiger partial charge in [0.2, 0.25) is 5.91 Å². The largest absolute Gasteiger partial charge is 0.513 e. The number of nitrogens with one attached hydrogen (secondary N) is 1. The molecule has 1 heterocycles. The minimum absolute atomic E-state index is 0.0145. The zero-order valence-electron chi connectivity index (χ0n) is 21.6. The van der Waals surface area contributed by atoms with Crippen molar-refractivity contribution in [1.29, 1.82) is 0 Å². The first-order valence-electron chi connectivity index (χ1n) is 12.8. The van der Waals surface area contributed by atoms with Gasteiger partial charge < -0.3 is 19.4 Å². The van der Waals surface area contributed by atoms with Crippen LogP contribution in [0, 0.1) is 0 Å². The van der Waals surface area contributed by atoms with E-state index in [1.54, 1.807) is 13.0 Å². The van der Waals surface area contributed by atoms with E-state index >= 15 is 0 Å². The molecule has 0 saturated heterocycles. The molecule has 1 amide bonds. The Morgan fingerprint density at radius 1 is 0.973 bits per heavy atom. The normalized spacial score (nSPS) is 10.9. The number of carbonyl (C=O) groups is 2. The molecule has 1 aromatic heterocycles. The molecule has 7 heteroatoms. The van der Waals surface area contributed by atoms with Gasteiger partial charge in [0.1, 0.15) is 11.6 Å². The highest BCUT2D eigenvalue weighted by molar-refractivity contribution is 5.93. The van der Waals surface area contributed by atoms with E-state index in [2.05, 4.69) is 28.9 Å². The first kappa shape index (κ1) is 25.9. The Labute approximate surface area is 217 Å². The van der Waals surface area contributed by atoms with Crippen molar-refractivity contribution < 1.29 is 19.1 Å². The maximum atomic E-state index is 11.9. The number of imidazole rings is 1. The summed E-state index contributed by atoms with van der Waals surface area (Å²) < 4.78 is 12.6. The van der Waals surface area contributed by atoms with Crippen molar-refractivity contribution in [3.63, 3.8) is 0 Å². The third-order valence-electron chi connectivity index (χ3n) is 6.13. The zero-order valence-corrected chi connectivity index (χ0v) is 21.6. The van der Waals surface area contributed by atoms with E-state index in [1.807, 2.05) is 55.5 Å². The van der Waals surface area contributed by atoms with Crippen LogP contribution in [-0.4, -0.2) is 28.2 Å². The topological polar surface area (TPSA) is 82.5 Å². The number of nitrogens with zero attached hydrogens (tertiary/aromatic N) is 2. The summed E-state index contributed by atoms with van der Waals surface area (Å²) in [5.41, 5.74) is 5.58. The molecule has 0 saturated carbocycles. The smallest absolute Gasteiger partial charge is 0.434 e. The van der Waals surface area contributed by atoms with E-state index < -0.39 is 6.16 Å². The molecule has 0 atom stereocenters. The van der Waals surface area contributed by atoms with Crippen LogP contribution in [0.4, 0.5) is 10.5 Å². The van der Waals surface area contributed by atoms with Crippen LogP contribution in [-0.2, 0) is 22.5 Å². The molecule has 7 nitrogen and oxygen atoms in total. The lowest BCUT2D eigenvalue weighted by Crippen LogP contribution is -2.10. The molecule has 192 valence electrons. The molecule has 4 rings (SSSR count). The van der Waals surface area contributed by atoms with Crippen molar-refractivity contribution in [2.24, 2.45) is 0 Å². The molecule has 0 bridgehead atoms. The molecule has 1 N–H and O–H groups in total. The van der Waals surface area contributed by atoms with Gasteiger partial charge in [-0.05, 0) is 48.7 Å². The molecule has 0 radical (unpaired) electrons. The average molecular weight is 500 g/mol. The first-order chi connectivity index (χ1) is 18.0. The Bertz CT molecular complexity index is 1380. The number of anilines is 1. The van der Waals surface area contributed by atoms with Crippen molar-refractivity contribution in [3.05, 3.63) is 78.1 Å². The highest BCUT2D eigenvalue weighted by Gasteiger charge is 2.14. The molecule has 0 aliphatic heterocycles. The van der Waals surface area contributed by atoms with Gasteiger partial charge in [-0.2, -0.15) is 0 Å². The van der Waals surface area contributed by atoms with Crippen molar-refractivity contribution in [3.8, 4) is 16.9 Å². The van der Waals surface area contributed by atoms with Crippen LogP contribution < -0.4 is 10.1 Å². The standard InChI is InChI=1S/C30H33N3O4/c1-4-7-12-28-32-25-19-23(31-29(34)5-2)17-18-26(25)33(28)20-21-13-15-22(16-14-21)24-10-8-9-11-27(24)37-30(35)36-6-3/h8-11,13-19H,4-7,12,20H2,1-3H3,(H,31,34). The monoisotopic (exact) mass is 499 g/mol. The average Bonchev–Trinajstić information content (AvgIpc) is 3.24. The van der Waals surface area contributed by atoms with Gasteiger partial charge in [-0.15, -0.1) is 0 Å². The Morgan fingerprint density at radius 2 is 1.76 bits per heavy atom. The predicted molar refractivity (Wildman–Crippen MR) is 146 cm³/mol. The Morgan fingerprint density at radius 3 is 2.49 bits per heavy atom. The lowest BCUT2D eigenvalue weighted by Gasteiger charge is -2.12. The molecular formula is C30H33N3O4. The van der Waals surface area contributed by atoms with Crippen molar-refractivity contribution in [2.75, 3.05) is 11.9 Å². The predicted octanol–water partition coefficient (Wildman–Crippen LogP) is 6.98. The molecule has 0 aliphatic carbocycles. The Balaban J connectivity index is 1.60. The second-order valence-electron chi connectivity index (χ2n) is 8.80. The number of unbranched alkanes of at least 4 members (excludes halogenated alkanes) is 1. The van der Waals surface area contributed by atoms with Crippen LogP contribution in [0.5, 0.6) is 5.75 Å². The van der Waals surface area contributed by atoms with Crippen LogP contribution >= 0.6 is 0 Å². The number of hydrogen-bond acceptors (Lipinski definition) is 5. The van der Waals surface area contributed by atoms with Crippen LogP contribution in [0.15, 0.2) is 66.7 Å². The summed E-state index contributed by atoms with van der Waals surface area (Å²) in [6.45, 7) is 6.69. The lowest BCUT2D eigenvalue weighted by atomic mass is 10.0. The molecule has 0 unspecified atom stereocenters. The number of hydrogen-bond donors (Lipinski definition) is 1. The summed E-state index contributed by atoms with van der Waals surface area (Å²) in [5, 5.41) is 2.92. The highest BCUT2D eigenvalue weighted by Crippen LogP contribution is 2.31. The highest BCUT2D eigenvalue weighted by atomic mass is 16.7. The Kier molecular flexibility index (Phi) is 8.56. The number of benzene rings is 3. The van der Waals surface area contributed by atoms with E-state index in [1.165, 1.54) is 0 Å². The van der Waals surface area contributed by atoms with Crippen LogP contribution in [0.3, 0.4) is 0 Å². The van der Waals surface area contributed by atoms with Gasteiger partial charge in [-0.25, -0.2) is 9.78 Å². The number of aromatic nitrogens is 2. The summed E-state index contributed by atoms with van der Waals surface area (Å²) in [4.78, 5) is 28.6. The third-order valence-corrected chi connectivity index (χ3v) is 6.13. The van der Waals surface area contributed by atoms with Crippen molar-refractivity contribution >= 4 is 28.8 Å². The fourth-order valence-corrected chi connectivity index (χ4v) is 4.21. The molecule has 3 aromatic carbocycles. The van der Waals surface area contributed by atoms with E-state index in [0.29, 0.717) is 18.7 Å². The van der Waals surface area contributed by atoms with Gasteiger partial charge in [-0.3, -0.25) is 4.79 Å². The first-order valence-corrected chi connectivity index (χ1v) is 12.8. The number of rotatable bonds is 10. The number of para-hydroxylation sites is 1. The fourth-order valence-electron chi connectivity index (χ4n) is 4.21. The minimum atomic E-state index is -0.712. The zero-order chi connectivity index (χ0) is 26.2. The lowest BCUT2D eigenvalue weighted by molar-refractivity contribution is -0.115. The van der Waals surface area contributed by atoms with E-state index in [4.69, 9.17) is 14.5 Å². The van der Waals surface area contributed by atoms with Gasteiger partial charge >= 0.3 is 6.16 Å². The van der Waals surface area contributed by atoms with E-state index in [-0.39, 0.29) is 12.5 Å². The summed E-state index contributed by atoms with van der Waals surface area (Å²) in [6, 6.07) is 21.6. The van der Waals surface area contributed by atoms with E-state index in [9.17, 15) is 9.59 Å². The Hall–Kier alpha value is -4.13. The molecule has 4 aromatic rings. The number of aryl methyl sites for hydroxylation is 1. The van der Waals surface area contributed by atoms with Crippen LogP contribution in [0.2, 0.25) is 0 Å².